The van der Waals surface area contributed by atoms with Gasteiger partial charge in [-0.25, -0.2) is 0 Å². The van der Waals surface area contributed by atoms with E-state index in [1.54, 1.807) is 25.2 Å². The van der Waals surface area contributed by atoms with Crippen molar-refractivity contribution in [1.29, 1.82) is 0 Å². The monoisotopic (exact) mass is 428 g/mol. The van der Waals surface area contributed by atoms with Crippen LogP contribution in [-0.2, 0) is 25.5 Å². The molecule has 2 aliphatic rings. The number of hydrogen-bond donors (Lipinski definition) is 1. The number of nitrogens with one attached hydrogen (secondary N) is 1. The largest absolute Gasteiger partial charge is 0.353 e. The van der Waals surface area contributed by atoms with E-state index in [1.165, 1.54) is 4.88 Å². The van der Waals surface area contributed by atoms with Crippen LogP contribution < -0.4 is 5.32 Å². The number of rotatable bonds is 6. The van der Waals surface area contributed by atoms with E-state index in [-0.39, 0.29) is 17.9 Å². The molecule has 0 radical (unpaired) electrons. The minimum absolute atomic E-state index is 0.00792. The fourth-order valence-corrected chi connectivity index (χ4v) is 4.92. The summed E-state index contributed by atoms with van der Waals surface area (Å²) in [7, 11) is 0. The summed E-state index contributed by atoms with van der Waals surface area (Å²) in [4.78, 5) is 29.3. The molecule has 0 bridgehead atoms. The van der Waals surface area contributed by atoms with E-state index in [4.69, 9.17) is 9.47 Å². The molecule has 1 aromatic heterocycles. The van der Waals surface area contributed by atoms with Crippen molar-refractivity contribution in [2.75, 3.05) is 13.1 Å². The van der Waals surface area contributed by atoms with E-state index >= 15 is 0 Å². The minimum Gasteiger partial charge on any atom is -0.353 e. The maximum atomic E-state index is 13.4. The van der Waals surface area contributed by atoms with Gasteiger partial charge in [0.2, 0.25) is 0 Å². The summed E-state index contributed by atoms with van der Waals surface area (Å²) in [5, 5.41) is 4.93. The first-order valence-corrected chi connectivity index (χ1v) is 11.3. The Morgan fingerprint density at radius 2 is 1.90 bits per heavy atom. The molecular formula is C23H28N2O4S. The van der Waals surface area contributed by atoms with Crippen molar-refractivity contribution in [2.45, 2.75) is 57.1 Å². The zero-order valence-electron chi connectivity index (χ0n) is 17.4. The lowest BCUT2D eigenvalue weighted by molar-refractivity contribution is -0.163. The van der Waals surface area contributed by atoms with Gasteiger partial charge in [-0.3, -0.25) is 9.59 Å². The maximum Gasteiger partial charge on any atom is 0.255 e. The second-order valence-electron chi connectivity index (χ2n) is 8.20. The lowest BCUT2D eigenvalue weighted by Gasteiger charge is -2.28. The summed E-state index contributed by atoms with van der Waals surface area (Å²) < 4.78 is 11.8. The Balaban J connectivity index is 1.45. The highest BCUT2D eigenvalue weighted by molar-refractivity contribution is 7.09. The van der Waals surface area contributed by atoms with E-state index in [2.05, 4.69) is 5.32 Å². The molecule has 2 aliphatic heterocycles. The zero-order valence-corrected chi connectivity index (χ0v) is 18.2. The van der Waals surface area contributed by atoms with Crippen LogP contribution in [0, 0.1) is 0 Å². The third-order valence-electron chi connectivity index (χ3n) is 5.57. The van der Waals surface area contributed by atoms with Gasteiger partial charge in [-0.2, -0.15) is 0 Å². The molecule has 0 saturated carbocycles. The van der Waals surface area contributed by atoms with E-state index in [9.17, 15) is 9.59 Å². The number of amides is 2. The molecule has 0 spiro atoms. The minimum atomic E-state index is -0.988. The molecule has 6 nitrogen and oxygen atoms in total. The van der Waals surface area contributed by atoms with E-state index < -0.39 is 18.0 Å². The van der Waals surface area contributed by atoms with Crippen molar-refractivity contribution in [2.24, 2.45) is 0 Å². The molecule has 30 heavy (non-hydrogen) atoms. The maximum absolute atomic E-state index is 13.4. The smallest absolute Gasteiger partial charge is 0.255 e. The fourth-order valence-electron chi connectivity index (χ4n) is 4.21. The van der Waals surface area contributed by atoms with Crippen molar-refractivity contribution < 1.29 is 19.1 Å². The molecule has 160 valence electrons. The first kappa shape index (κ1) is 21.0. The second kappa shape index (κ2) is 8.88. The third-order valence-corrected chi connectivity index (χ3v) is 6.51. The summed E-state index contributed by atoms with van der Waals surface area (Å²) in [6.07, 6.45) is 0.699. The SMILES string of the molecule is CC1(C)O[C@@H](C(=O)NCCc2cccs2)[C@H](C(=O)N2CCC[C@H]2c2ccccc2)O1. The molecule has 2 fully saturated rings. The van der Waals surface area contributed by atoms with Crippen LogP contribution in [0.1, 0.15) is 43.2 Å². The predicted octanol–water partition coefficient (Wildman–Crippen LogP) is 3.29. The number of carbonyl (C=O) groups is 2. The van der Waals surface area contributed by atoms with Gasteiger partial charge in [0, 0.05) is 18.0 Å². The Morgan fingerprint density at radius 1 is 1.13 bits per heavy atom. The highest BCUT2D eigenvalue weighted by Gasteiger charge is 2.51. The van der Waals surface area contributed by atoms with E-state index in [0.29, 0.717) is 13.1 Å². The van der Waals surface area contributed by atoms with Crippen molar-refractivity contribution in [1.82, 2.24) is 10.2 Å². The first-order valence-electron chi connectivity index (χ1n) is 10.5. The van der Waals surface area contributed by atoms with E-state index in [1.807, 2.05) is 52.7 Å². The Labute approximate surface area is 181 Å². The summed E-state index contributed by atoms with van der Waals surface area (Å²) in [6.45, 7) is 4.64. The Morgan fingerprint density at radius 3 is 2.63 bits per heavy atom. The summed E-state index contributed by atoms with van der Waals surface area (Å²) in [6, 6.07) is 14.1. The van der Waals surface area contributed by atoms with Gasteiger partial charge in [-0.05, 0) is 50.1 Å². The van der Waals surface area contributed by atoms with Crippen LogP contribution in [0.25, 0.3) is 0 Å². The average molecular weight is 429 g/mol. The van der Waals surface area contributed by atoms with Crippen molar-refractivity contribution in [3.63, 3.8) is 0 Å². The average Bonchev–Trinajstić information content (AvgIpc) is 3.47. The lowest BCUT2D eigenvalue weighted by atomic mass is 10.0. The predicted molar refractivity (Wildman–Crippen MR) is 115 cm³/mol. The van der Waals surface area contributed by atoms with Crippen LogP contribution in [0.3, 0.4) is 0 Å². The normalized spacial score (nSPS) is 25.4. The standard InChI is InChI=1S/C23H28N2O4S/c1-23(2)28-19(21(26)24-13-12-17-10-7-15-30-17)20(29-23)22(27)25-14-6-11-18(25)16-8-4-3-5-9-16/h3-5,7-10,15,18-20H,6,11-14H2,1-2H3,(H,24,26)/t18-,19+,20+/m0/s1. The molecule has 2 amide bonds. The lowest BCUT2D eigenvalue weighted by Crippen LogP contribution is -2.49. The Kier molecular flexibility index (Phi) is 6.22. The van der Waals surface area contributed by atoms with Gasteiger partial charge in [-0.1, -0.05) is 36.4 Å². The molecule has 7 heteroatoms. The highest BCUT2D eigenvalue weighted by atomic mass is 32.1. The van der Waals surface area contributed by atoms with Gasteiger partial charge in [0.15, 0.2) is 18.0 Å². The van der Waals surface area contributed by atoms with Crippen LogP contribution in [0.5, 0.6) is 0 Å². The molecule has 3 atom stereocenters. The van der Waals surface area contributed by atoms with Crippen LogP contribution in [-0.4, -0.2) is 47.8 Å². The van der Waals surface area contributed by atoms with Crippen LogP contribution >= 0.6 is 11.3 Å². The number of ether oxygens (including phenoxy) is 2. The van der Waals surface area contributed by atoms with Gasteiger partial charge < -0.3 is 19.7 Å². The molecule has 1 aromatic carbocycles. The van der Waals surface area contributed by atoms with Crippen molar-refractivity contribution in [3.05, 3.63) is 58.3 Å². The third kappa shape index (κ3) is 4.58. The van der Waals surface area contributed by atoms with Crippen LogP contribution in [0.15, 0.2) is 47.8 Å². The number of benzene rings is 1. The number of likely N-dealkylation sites (tertiary alicyclic amines) is 1. The molecule has 2 saturated heterocycles. The van der Waals surface area contributed by atoms with Gasteiger partial charge in [-0.15, -0.1) is 11.3 Å². The number of nitrogens with zero attached hydrogens (tertiary/aromatic N) is 1. The fraction of sp³-hybridized carbons (Fsp3) is 0.478. The van der Waals surface area contributed by atoms with Crippen LogP contribution in [0.4, 0.5) is 0 Å². The highest BCUT2D eigenvalue weighted by Crippen LogP contribution is 2.36. The summed E-state index contributed by atoms with van der Waals surface area (Å²) in [5.74, 6) is -1.46. The summed E-state index contributed by atoms with van der Waals surface area (Å²) >= 11 is 1.66. The molecule has 4 rings (SSSR count). The number of carbonyl (C=O) groups excluding carboxylic acids is 2. The van der Waals surface area contributed by atoms with Gasteiger partial charge >= 0.3 is 0 Å². The Hall–Kier alpha value is -2.22. The van der Waals surface area contributed by atoms with Gasteiger partial charge in [0.1, 0.15) is 0 Å². The topological polar surface area (TPSA) is 67.9 Å². The zero-order chi connectivity index (χ0) is 21.1. The first-order chi connectivity index (χ1) is 14.4. The van der Waals surface area contributed by atoms with Gasteiger partial charge in [0.25, 0.3) is 11.8 Å². The molecule has 1 N–H and O–H groups in total. The number of thiophene rings is 1. The second-order valence-corrected chi connectivity index (χ2v) is 9.23. The van der Waals surface area contributed by atoms with E-state index in [0.717, 1.165) is 24.8 Å². The van der Waals surface area contributed by atoms with Gasteiger partial charge in [0.05, 0.1) is 6.04 Å². The van der Waals surface area contributed by atoms with Crippen LogP contribution in [0.2, 0.25) is 0 Å². The molecule has 2 aromatic rings. The van der Waals surface area contributed by atoms with Crippen molar-refractivity contribution in [3.8, 4) is 0 Å². The summed E-state index contributed by atoms with van der Waals surface area (Å²) in [5.41, 5.74) is 1.11. The quantitative estimate of drug-likeness (QED) is 0.767. The molecule has 0 aliphatic carbocycles. The molecular weight excluding hydrogens is 400 g/mol. The Bertz CT molecular complexity index is 869. The molecule has 3 heterocycles. The molecule has 0 unspecified atom stereocenters. The van der Waals surface area contributed by atoms with Crippen molar-refractivity contribution >= 4 is 23.2 Å². The number of hydrogen-bond acceptors (Lipinski definition) is 5.